The van der Waals surface area contributed by atoms with E-state index in [0.717, 1.165) is 22.7 Å². The molecule has 0 unspecified atom stereocenters. The first-order chi connectivity index (χ1) is 10.3. The highest BCUT2D eigenvalue weighted by molar-refractivity contribution is 7.22. The highest BCUT2D eigenvalue weighted by atomic mass is 32.1. The Labute approximate surface area is 132 Å². The van der Waals surface area contributed by atoms with Crippen molar-refractivity contribution < 1.29 is 4.74 Å². The fraction of sp³-hybridized carbons (Fsp3) is 0.235. The van der Waals surface area contributed by atoms with Crippen LogP contribution in [-0.2, 0) is 0 Å². The van der Waals surface area contributed by atoms with E-state index in [1.54, 1.807) is 29.8 Å². The Morgan fingerprint density at radius 1 is 1.29 bits per heavy atom. The number of thiophene rings is 2. The van der Waals surface area contributed by atoms with Gasteiger partial charge in [0.15, 0.2) is 0 Å². The lowest BCUT2D eigenvalue weighted by Crippen LogP contribution is -1.83. The van der Waals surface area contributed by atoms with Crippen molar-refractivity contribution in [3.05, 3.63) is 45.3 Å². The lowest BCUT2D eigenvalue weighted by atomic mass is 10.1. The number of aliphatic imine (C=N–C) groups is 1. The van der Waals surface area contributed by atoms with Crippen LogP contribution in [0.25, 0.3) is 15.8 Å². The van der Waals surface area contributed by atoms with Gasteiger partial charge in [-0.25, -0.2) is 0 Å². The van der Waals surface area contributed by atoms with Crippen molar-refractivity contribution in [2.24, 2.45) is 4.99 Å². The molecule has 0 amide bonds. The van der Waals surface area contributed by atoms with Gasteiger partial charge in [-0.05, 0) is 47.9 Å². The second-order valence-corrected chi connectivity index (χ2v) is 7.20. The Kier molecular flexibility index (Phi) is 3.28. The monoisotopic (exact) mass is 313 g/mol. The minimum atomic E-state index is 0.943. The van der Waals surface area contributed by atoms with Crippen molar-refractivity contribution in [3.63, 3.8) is 0 Å². The van der Waals surface area contributed by atoms with Crippen molar-refractivity contribution in [1.82, 2.24) is 0 Å². The molecule has 0 fully saturated rings. The van der Waals surface area contributed by atoms with Crippen LogP contribution in [0.4, 0.5) is 0 Å². The summed E-state index contributed by atoms with van der Waals surface area (Å²) in [6.45, 7) is 0. The molecule has 2 nitrogen and oxygen atoms in total. The van der Waals surface area contributed by atoms with Crippen molar-refractivity contribution in [1.29, 1.82) is 0 Å². The summed E-state index contributed by atoms with van der Waals surface area (Å²) < 4.78 is 5.55. The van der Waals surface area contributed by atoms with Crippen LogP contribution in [0.15, 0.2) is 45.4 Å². The summed E-state index contributed by atoms with van der Waals surface area (Å²) in [7, 11) is 1.74. The maximum absolute atomic E-state index is 5.55. The first-order valence-corrected chi connectivity index (χ1v) is 8.74. The van der Waals surface area contributed by atoms with Gasteiger partial charge < -0.3 is 4.74 Å². The molecule has 106 valence electrons. The largest absolute Gasteiger partial charge is 0.495 e. The maximum Gasteiger partial charge on any atom is 0.137 e. The Balaban J connectivity index is 1.74. The van der Waals surface area contributed by atoms with Crippen LogP contribution >= 0.6 is 22.7 Å². The summed E-state index contributed by atoms with van der Waals surface area (Å²) >= 11 is 3.54. The maximum atomic E-state index is 5.55. The predicted molar refractivity (Wildman–Crippen MR) is 91.5 cm³/mol. The zero-order valence-corrected chi connectivity index (χ0v) is 13.4. The smallest absolute Gasteiger partial charge is 0.137 e. The van der Waals surface area contributed by atoms with Crippen molar-refractivity contribution in [2.75, 3.05) is 7.11 Å². The van der Waals surface area contributed by atoms with Gasteiger partial charge in [0.2, 0.25) is 0 Å². The molecule has 0 spiro atoms. The van der Waals surface area contributed by atoms with E-state index in [0.29, 0.717) is 0 Å². The van der Waals surface area contributed by atoms with Gasteiger partial charge in [-0.1, -0.05) is 6.07 Å². The van der Waals surface area contributed by atoms with E-state index in [1.807, 2.05) is 6.21 Å². The minimum absolute atomic E-state index is 0.943. The number of nitrogens with zero attached hydrogens (tertiary/aromatic N) is 1. The number of rotatable bonds is 3. The van der Waals surface area contributed by atoms with Crippen molar-refractivity contribution in [3.8, 4) is 15.5 Å². The highest BCUT2D eigenvalue weighted by Gasteiger charge is 2.21. The average molecular weight is 313 g/mol. The van der Waals surface area contributed by atoms with Gasteiger partial charge in [0, 0.05) is 22.0 Å². The molecular weight excluding hydrogens is 298 g/mol. The minimum Gasteiger partial charge on any atom is -0.495 e. The second-order valence-electron chi connectivity index (χ2n) is 5.17. The third-order valence-corrected chi connectivity index (χ3v) is 6.03. The standard InChI is InChI=1S/C17H15NOS2/c1-19-14-9-17(15-6-3-7-20-15)21-16(14)8-13-12-5-2-4-11(12)10-18-13/h3,6-10H,2,4-5H2,1H3. The second kappa shape index (κ2) is 5.28. The molecule has 0 saturated carbocycles. The summed E-state index contributed by atoms with van der Waals surface area (Å²) in [5, 5.41) is 2.11. The molecule has 4 heteroatoms. The zero-order chi connectivity index (χ0) is 14.2. The van der Waals surface area contributed by atoms with Crippen LogP contribution < -0.4 is 4.74 Å². The molecule has 4 rings (SSSR count). The number of ether oxygens (including phenoxy) is 1. The summed E-state index contributed by atoms with van der Waals surface area (Å²) in [5.74, 6) is 0.943. The molecule has 2 aliphatic rings. The third-order valence-electron chi connectivity index (χ3n) is 3.91. The van der Waals surface area contributed by atoms with Crippen LogP contribution in [-0.4, -0.2) is 13.3 Å². The van der Waals surface area contributed by atoms with E-state index < -0.39 is 0 Å². The molecule has 0 saturated heterocycles. The first kappa shape index (κ1) is 13.0. The van der Waals surface area contributed by atoms with Crippen LogP contribution in [0.2, 0.25) is 0 Å². The number of hydrogen-bond acceptors (Lipinski definition) is 4. The lowest BCUT2D eigenvalue weighted by Gasteiger charge is -2.00. The zero-order valence-electron chi connectivity index (χ0n) is 11.8. The molecule has 0 N–H and O–H groups in total. The van der Waals surface area contributed by atoms with Gasteiger partial charge in [0.1, 0.15) is 5.75 Å². The summed E-state index contributed by atoms with van der Waals surface area (Å²) in [4.78, 5) is 8.29. The lowest BCUT2D eigenvalue weighted by molar-refractivity contribution is 0.416. The van der Waals surface area contributed by atoms with E-state index in [9.17, 15) is 0 Å². The fourth-order valence-corrected chi connectivity index (χ4v) is 4.75. The van der Waals surface area contributed by atoms with Gasteiger partial charge in [0.05, 0.1) is 17.7 Å². The van der Waals surface area contributed by atoms with E-state index in [2.05, 4.69) is 34.6 Å². The molecule has 2 aromatic rings. The average Bonchev–Trinajstić information content (AvgIpc) is 3.25. The molecule has 0 radical (unpaired) electrons. The summed E-state index contributed by atoms with van der Waals surface area (Å²) in [6, 6.07) is 6.37. The quantitative estimate of drug-likeness (QED) is 0.744. The Hall–Kier alpha value is -1.65. The molecule has 2 aromatic heterocycles. The van der Waals surface area contributed by atoms with Crippen molar-refractivity contribution in [2.45, 2.75) is 19.3 Å². The summed E-state index contributed by atoms with van der Waals surface area (Å²) in [5.41, 5.74) is 3.98. The Morgan fingerprint density at radius 2 is 2.24 bits per heavy atom. The Bertz CT molecular complexity index is 763. The van der Waals surface area contributed by atoms with E-state index in [-0.39, 0.29) is 0 Å². The number of methoxy groups -OCH3 is 1. The van der Waals surface area contributed by atoms with Gasteiger partial charge in [0.25, 0.3) is 0 Å². The van der Waals surface area contributed by atoms with Crippen molar-refractivity contribution >= 4 is 35.0 Å². The third kappa shape index (κ3) is 2.28. The van der Waals surface area contributed by atoms with Gasteiger partial charge >= 0.3 is 0 Å². The molecule has 1 aliphatic heterocycles. The molecule has 21 heavy (non-hydrogen) atoms. The SMILES string of the molecule is COc1cc(-c2cccs2)sc1C=C1N=CC2=C1CCC2. The molecule has 0 bridgehead atoms. The van der Waals surface area contributed by atoms with Gasteiger partial charge in [-0.3, -0.25) is 4.99 Å². The van der Waals surface area contributed by atoms with E-state index in [4.69, 9.17) is 4.74 Å². The topological polar surface area (TPSA) is 21.6 Å². The molecule has 3 heterocycles. The highest BCUT2D eigenvalue weighted by Crippen LogP contribution is 2.42. The Morgan fingerprint density at radius 3 is 3.05 bits per heavy atom. The van der Waals surface area contributed by atoms with Crippen LogP contribution in [0.3, 0.4) is 0 Å². The number of hydrogen-bond donors (Lipinski definition) is 0. The van der Waals surface area contributed by atoms with E-state index in [1.165, 1.54) is 33.7 Å². The molecule has 0 atom stereocenters. The predicted octanol–water partition coefficient (Wildman–Crippen LogP) is 5.39. The fourth-order valence-electron chi connectivity index (χ4n) is 2.86. The molecule has 1 aliphatic carbocycles. The van der Waals surface area contributed by atoms with Gasteiger partial charge in [-0.15, -0.1) is 22.7 Å². The van der Waals surface area contributed by atoms with Gasteiger partial charge in [-0.2, -0.15) is 0 Å². The normalized spacial score (nSPS) is 18.8. The first-order valence-electron chi connectivity index (χ1n) is 7.05. The van der Waals surface area contributed by atoms with Crippen LogP contribution in [0, 0.1) is 0 Å². The molecular formula is C17H15NOS2. The number of allylic oxidation sites excluding steroid dienone is 2. The molecule has 0 aromatic carbocycles. The van der Waals surface area contributed by atoms with E-state index >= 15 is 0 Å². The summed E-state index contributed by atoms with van der Waals surface area (Å²) in [6.07, 6.45) is 7.82. The van der Waals surface area contributed by atoms with Crippen LogP contribution in [0.1, 0.15) is 24.1 Å². The van der Waals surface area contributed by atoms with Crippen LogP contribution in [0.5, 0.6) is 5.75 Å².